The summed E-state index contributed by atoms with van der Waals surface area (Å²) in [6, 6.07) is 8.67. The molecule has 0 bridgehead atoms. The van der Waals surface area contributed by atoms with Gasteiger partial charge in [0.05, 0.1) is 0 Å². The summed E-state index contributed by atoms with van der Waals surface area (Å²) in [5.41, 5.74) is 8.21. The van der Waals surface area contributed by atoms with Gasteiger partial charge in [-0.3, -0.25) is 4.90 Å². The highest BCUT2D eigenvalue weighted by atomic mass is 15.2. The van der Waals surface area contributed by atoms with Crippen LogP contribution in [0.2, 0.25) is 0 Å². The lowest BCUT2D eigenvalue weighted by atomic mass is 10.1. The fraction of sp³-hybridized carbons (Fsp3) is 0.625. The fourth-order valence-corrected chi connectivity index (χ4v) is 2.13. The zero-order valence-corrected chi connectivity index (χ0v) is 12.9. The molecule has 0 saturated heterocycles. The Labute approximate surface area is 118 Å². The van der Waals surface area contributed by atoms with Gasteiger partial charge in [-0.2, -0.15) is 0 Å². The van der Waals surface area contributed by atoms with E-state index in [4.69, 9.17) is 5.73 Å². The van der Waals surface area contributed by atoms with Crippen molar-refractivity contribution in [1.82, 2.24) is 9.80 Å². The second-order valence-corrected chi connectivity index (χ2v) is 5.95. The molecule has 19 heavy (non-hydrogen) atoms. The maximum atomic E-state index is 5.63. The van der Waals surface area contributed by atoms with Crippen LogP contribution >= 0.6 is 0 Å². The van der Waals surface area contributed by atoms with Crippen LogP contribution in [0.15, 0.2) is 24.3 Å². The van der Waals surface area contributed by atoms with Crippen molar-refractivity contribution in [2.24, 2.45) is 11.7 Å². The molecule has 0 aromatic heterocycles. The first-order chi connectivity index (χ1) is 9.01. The van der Waals surface area contributed by atoms with E-state index in [-0.39, 0.29) is 0 Å². The third-order valence-corrected chi connectivity index (χ3v) is 3.15. The number of hydrogen-bond donors (Lipinski definition) is 1. The van der Waals surface area contributed by atoms with Crippen molar-refractivity contribution in [3.63, 3.8) is 0 Å². The van der Waals surface area contributed by atoms with E-state index in [1.54, 1.807) is 0 Å². The molecule has 0 heterocycles. The topological polar surface area (TPSA) is 32.5 Å². The average molecular weight is 263 g/mol. The van der Waals surface area contributed by atoms with Gasteiger partial charge < -0.3 is 10.6 Å². The van der Waals surface area contributed by atoms with Crippen molar-refractivity contribution in [2.75, 3.05) is 33.7 Å². The van der Waals surface area contributed by atoms with Gasteiger partial charge in [-0.05, 0) is 31.1 Å². The van der Waals surface area contributed by atoms with E-state index in [9.17, 15) is 0 Å². The van der Waals surface area contributed by atoms with E-state index in [0.29, 0.717) is 12.5 Å². The highest BCUT2D eigenvalue weighted by Gasteiger charge is 2.08. The van der Waals surface area contributed by atoms with E-state index in [0.717, 1.165) is 26.2 Å². The molecule has 0 amide bonds. The monoisotopic (exact) mass is 263 g/mol. The first kappa shape index (κ1) is 16.2. The van der Waals surface area contributed by atoms with Crippen molar-refractivity contribution >= 4 is 0 Å². The van der Waals surface area contributed by atoms with Crippen LogP contribution in [0, 0.1) is 5.92 Å². The summed E-state index contributed by atoms with van der Waals surface area (Å²) in [6.45, 7) is 9.57. The molecule has 0 unspecified atom stereocenters. The lowest BCUT2D eigenvalue weighted by Gasteiger charge is -2.26. The van der Waals surface area contributed by atoms with E-state index >= 15 is 0 Å². The first-order valence-corrected chi connectivity index (χ1v) is 7.16. The molecule has 1 aromatic rings. The van der Waals surface area contributed by atoms with E-state index in [1.807, 2.05) is 0 Å². The molecule has 0 atom stereocenters. The molecule has 1 rings (SSSR count). The van der Waals surface area contributed by atoms with E-state index < -0.39 is 0 Å². The summed E-state index contributed by atoms with van der Waals surface area (Å²) in [5.74, 6) is 0.700. The second-order valence-electron chi connectivity index (χ2n) is 5.95. The number of likely N-dealkylation sites (N-methyl/N-ethyl adjacent to an activating group) is 1. The molecule has 0 spiro atoms. The molecule has 0 saturated carbocycles. The summed E-state index contributed by atoms with van der Waals surface area (Å²) >= 11 is 0. The molecule has 108 valence electrons. The summed E-state index contributed by atoms with van der Waals surface area (Å²) in [6.07, 6.45) is 0. The standard InChI is InChI=1S/C16H29N3/c1-14(2)12-19(10-9-18(3)4)13-16-7-5-15(11-17)6-8-16/h5-8,14H,9-13,17H2,1-4H3. The SMILES string of the molecule is CC(C)CN(CCN(C)C)Cc1ccc(CN)cc1. The van der Waals surface area contributed by atoms with Crippen LogP contribution in [0.3, 0.4) is 0 Å². The Morgan fingerprint density at radius 1 is 1.00 bits per heavy atom. The van der Waals surface area contributed by atoms with Gasteiger partial charge in [-0.1, -0.05) is 38.1 Å². The number of nitrogens with zero attached hydrogens (tertiary/aromatic N) is 2. The van der Waals surface area contributed by atoms with E-state index in [1.165, 1.54) is 11.1 Å². The summed E-state index contributed by atoms with van der Waals surface area (Å²) < 4.78 is 0. The van der Waals surface area contributed by atoms with Crippen LogP contribution in [0.25, 0.3) is 0 Å². The van der Waals surface area contributed by atoms with E-state index in [2.05, 4.69) is 62.0 Å². The molecule has 3 heteroatoms. The Hall–Kier alpha value is -0.900. The Bertz CT molecular complexity index is 344. The van der Waals surface area contributed by atoms with Crippen LogP contribution in [0.5, 0.6) is 0 Å². The molecular weight excluding hydrogens is 234 g/mol. The predicted octanol–water partition coefficient (Wildman–Crippen LogP) is 2.16. The van der Waals surface area contributed by atoms with Crippen molar-refractivity contribution < 1.29 is 0 Å². The maximum absolute atomic E-state index is 5.63. The summed E-state index contributed by atoms with van der Waals surface area (Å²) in [7, 11) is 4.26. The number of nitrogens with two attached hydrogens (primary N) is 1. The molecule has 0 aliphatic rings. The minimum atomic E-state index is 0.622. The van der Waals surface area contributed by atoms with Crippen LogP contribution in [0.1, 0.15) is 25.0 Å². The number of rotatable bonds is 8. The largest absolute Gasteiger partial charge is 0.326 e. The molecule has 0 aliphatic heterocycles. The zero-order chi connectivity index (χ0) is 14.3. The molecule has 3 nitrogen and oxygen atoms in total. The Morgan fingerprint density at radius 2 is 1.58 bits per heavy atom. The Morgan fingerprint density at radius 3 is 2.05 bits per heavy atom. The lowest BCUT2D eigenvalue weighted by molar-refractivity contribution is 0.212. The van der Waals surface area contributed by atoms with Gasteiger partial charge in [0.25, 0.3) is 0 Å². The number of hydrogen-bond acceptors (Lipinski definition) is 3. The minimum Gasteiger partial charge on any atom is -0.326 e. The van der Waals surface area contributed by atoms with Crippen molar-refractivity contribution in [3.8, 4) is 0 Å². The number of benzene rings is 1. The normalized spacial score (nSPS) is 11.8. The van der Waals surface area contributed by atoms with Gasteiger partial charge in [0, 0.05) is 32.7 Å². The second kappa shape index (κ2) is 8.31. The van der Waals surface area contributed by atoms with Crippen LogP contribution in [0.4, 0.5) is 0 Å². The third kappa shape index (κ3) is 6.71. The lowest BCUT2D eigenvalue weighted by Crippen LogP contribution is -2.33. The minimum absolute atomic E-state index is 0.622. The van der Waals surface area contributed by atoms with Crippen molar-refractivity contribution in [1.29, 1.82) is 0 Å². The van der Waals surface area contributed by atoms with Crippen LogP contribution in [-0.2, 0) is 13.1 Å². The molecule has 0 fully saturated rings. The zero-order valence-electron chi connectivity index (χ0n) is 12.9. The highest BCUT2D eigenvalue weighted by molar-refractivity contribution is 5.22. The first-order valence-electron chi connectivity index (χ1n) is 7.16. The van der Waals surface area contributed by atoms with Gasteiger partial charge in [-0.25, -0.2) is 0 Å². The third-order valence-electron chi connectivity index (χ3n) is 3.15. The fourth-order valence-electron chi connectivity index (χ4n) is 2.13. The van der Waals surface area contributed by atoms with Gasteiger partial charge in [0.2, 0.25) is 0 Å². The molecule has 0 aliphatic carbocycles. The van der Waals surface area contributed by atoms with Crippen molar-refractivity contribution in [2.45, 2.75) is 26.9 Å². The Kier molecular flexibility index (Phi) is 7.06. The predicted molar refractivity (Wildman–Crippen MR) is 83.0 cm³/mol. The smallest absolute Gasteiger partial charge is 0.0234 e. The molecular formula is C16H29N3. The maximum Gasteiger partial charge on any atom is 0.0234 e. The molecule has 1 aromatic carbocycles. The molecule has 0 radical (unpaired) electrons. The summed E-state index contributed by atoms with van der Waals surface area (Å²) in [5, 5.41) is 0. The van der Waals surface area contributed by atoms with Crippen LogP contribution < -0.4 is 5.73 Å². The Balaban J connectivity index is 2.58. The van der Waals surface area contributed by atoms with Gasteiger partial charge in [-0.15, -0.1) is 0 Å². The summed E-state index contributed by atoms with van der Waals surface area (Å²) in [4.78, 5) is 4.77. The molecule has 2 N–H and O–H groups in total. The van der Waals surface area contributed by atoms with Gasteiger partial charge >= 0.3 is 0 Å². The highest BCUT2D eigenvalue weighted by Crippen LogP contribution is 2.09. The van der Waals surface area contributed by atoms with Gasteiger partial charge in [0.15, 0.2) is 0 Å². The quantitative estimate of drug-likeness (QED) is 0.780. The van der Waals surface area contributed by atoms with Crippen LogP contribution in [-0.4, -0.2) is 43.5 Å². The van der Waals surface area contributed by atoms with Gasteiger partial charge in [0.1, 0.15) is 0 Å². The average Bonchev–Trinajstić information content (AvgIpc) is 2.36. The van der Waals surface area contributed by atoms with Crippen molar-refractivity contribution in [3.05, 3.63) is 35.4 Å².